The van der Waals surface area contributed by atoms with Crippen LogP contribution in [0.25, 0.3) is 0 Å². The minimum Gasteiger partial charge on any atom is -0.497 e. The smallest absolute Gasteiger partial charge is 0.264 e. The van der Waals surface area contributed by atoms with Crippen LogP contribution in [0, 0.1) is 0 Å². The number of ether oxygens (including phenoxy) is 2. The number of carbonyl (C=O) groups is 2. The van der Waals surface area contributed by atoms with Gasteiger partial charge in [-0.3, -0.25) is 13.9 Å². The number of amides is 2. The molecule has 41 heavy (non-hydrogen) atoms. The molecular formula is C30H36BrN3O6S. The fourth-order valence-corrected chi connectivity index (χ4v) is 5.73. The van der Waals surface area contributed by atoms with E-state index in [2.05, 4.69) is 21.2 Å². The van der Waals surface area contributed by atoms with Gasteiger partial charge in [-0.15, -0.1) is 0 Å². The standard InChI is InChI=1S/C30H36BrN3O6S/c1-6-40-27-15-11-25(12-16-27)34(41(37,38)28-17-9-24(31)10-18-28)20-29(35)33(22(4)30(36)32-21(2)3)19-23-7-13-26(39-5)14-8-23/h7-18,21-22H,6,19-20H2,1-5H3,(H,32,36). The molecule has 0 aromatic heterocycles. The van der Waals surface area contributed by atoms with Gasteiger partial charge in [0.1, 0.15) is 24.1 Å². The summed E-state index contributed by atoms with van der Waals surface area (Å²) in [5, 5.41) is 2.84. The molecule has 3 rings (SSSR count). The van der Waals surface area contributed by atoms with Crippen molar-refractivity contribution in [2.75, 3.05) is 24.6 Å². The summed E-state index contributed by atoms with van der Waals surface area (Å²) < 4.78 is 40.3. The van der Waals surface area contributed by atoms with Crippen molar-refractivity contribution >= 4 is 43.5 Å². The van der Waals surface area contributed by atoms with Crippen LogP contribution in [0.15, 0.2) is 82.2 Å². The molecule has 1 atom stereocenters. The second-order valence-electron chi connectivity index (χ2n) is 9.60. The van der Waals surface area contributed by atoms with Gasteiger partial charge >= 0.3 is 0 Å². The van der Waals surface area contributed by atoms with Gasteiger partial charge in [0.25, 0.3) is 10.0 Å². The maximum Gasteiger partial charge on any atom is 0.264 e. The Kier molecular flexibility index (Phi) is 11.2. The largest absolute Gasteiger partial charge is 0.497 e. The van der Waals surface area contributed by atoms with Gasteiger partial charge in [0.2, 0.25) is 11.8 Å². The topological polar surface area (TPSA) is 105 Å². The highest BCUT2D eigenvalue weighted by atomic mass is 79.9. The van der Waals surface area contributed by atoms with Crippen molar-refractivity contribution in [3.05, 3.63) is 82.8 Å². The molecule has 0 spiro atoms. The first kappa shape index (κ1) is 32.0. The third-order valence-electron chi connectivity index (χ3n) is 6.23. The average Bonchev–Trinajstić information content (AvgIpc) is 2.95. The van der Waals surface area contributed by atoms with Crippen LogP contribution >= 0.6 is 15.9 Å². The predicted octanol–water partition coefficient (Wildman–Crippen LogP) is 4.99. The summed E-state index contributed by atoms with van der Waals surface area (Å²) in [7, 11) is -2.60. The minimum atomic E-state index is -4.16. The molecule has 9 nitrogen and oxygen atoms in total. The molecule has 2 amide bonds. The molecule has 220 valence electrons. The number of benzene rings is 3. The number of rotatable bonds is 13. The highest BCUT2D eigenvalue weighted by molar-refractivity contribution is 9.10. The maximum absolute atomic E-state index is 14.0. The van der Waals surface area contributed by atoms with E-state index in [0.29, 0.717) is 18.1 Å². The zero-order valence-electron chi connectivity index (χ0n) is 23.8. The van der Waals surface area contributed by atoms with Crippen LogP contribution in [0.1, 0.15) is 33.3 Å². The fraction of sp³-hybridized carbons (Fsp3) is 0.333. The first-order valence-electron chi connectivity index (χ1n) is 13.2. The molecule has 1 unspecified atom stereocenters. The van der Waals surface area contributed by atoms with Crippen molar-refractivity contribution in [3.8, 4) is 11.5 Å². The number of hydrogen-bond acceptors (Lipinski definition) is 6. The van der Waals surface area contributed by atoms with E-state index in [4.69, 9.17) is 9.47 Å². The van der Waals surface area contributed by atoms with Gasteiger partial charge in [-0.25, -0.2) is 8.42 Å². The second-order valence-corrected chi connectivity index (χ2v) is 12.4. The summed E-state index contributed by atoms with van der Waals surface area (Å²) in [5.74, 6) is 0.343. The van der Waals surface area contributed by atoms with E-state index in [9.17, 15) is 18.0 Å². The van der Waals surface area contributed by atoms with Crippen LogP contribution in [-0.2, 0) is 26.2 Å². The molecule has 3 aromatic carbocycles. The lowest BCUT2D eigenvalue weighted by Crippen LogP contribution is -2.52. The molecule has 0 saturated heterocycles. The molecule has 0 radical (unpaired) electrons. The van der Waals surface area contributed by atoms with Gasteiger partial charge in [0, 0.05) is 17.1 Å². The summed E-state index contributed by atoms with van der Waals surface area (Å²) in [4.78, 5) is 28.4. The lowest BCUT2D eigenvalue weighted by atomic mass is 10.1. The molecule has 0 saturated carbocycles. The van der Waals surface area contributed by atoms with E-state index < -0.39 is 28.5 Å². The summed E-state index contributed by atoms with van der Waals surface area (Å²) in [6.45, 7) is 7.16. The zero-order chi connectivity index (χ0) is 30.2. The number of nitrogens with zero attached hydrogens (tertiary/aromatic N) is 2. The van der Waals surface area contributed by atoms with Gasteiger partial charge < -0.3 is 19.7 Å². The minimum absolute atomic E-state index is 0.0229. The Morgan fingerprint density at radius 3 is 2.02 bits per heavy atom. The van der Waals surface area contributed by atoms with Gasteiger partial charge in [-0.2, -0.15) is 0 Å². The summed E-state index contributed by atoms with van der Waals surface area (Å²) in [6.07, 6.45) is 0. The third-order valence-corrected chi connectivity index (χ3v) is 8.54. The van der Waals surface area contributed by atoms with Crippen molar-refractivity contribution in [2.45, 2.75) is 51.2 Å². The van der Waals surface area contributed by atoms with Crippen LogP contribution in [0.3, 0.4) is 0 Å². The van der Waals surface area contributed by atoms with E-state index >= 15 is 0 Å². The molecule has 0 heterocycles. The summed E-state index contributed by atoms with van der Waals surface area (Å²) in [5.41, 5.74) is 1.04. The lowest BCUT2D eigenvalue weighted by molar-refractivity contribution is -0.139. The van der Waals surface area contributed by atoms with E-state index in [1.165, 1.54) is 17.0 Å². The average molecular weight is 647 g/mol. The first-order valence-corrected chi connectivity index (χ1v) is 15.4. The molecule has 0 bridgehead atoms. The van der Waals surface area contributed by atoms with Crippen molar-refractivity contribution in [3.63, 3.8) is 0 Å². The third kappa shape index (κ3) is 8.46. The SMILES string of the molecule is CCOc1ccc(N(CC(=O)N(Cc2ccc(OC)cc2)C(C)C(=O)NC(C)C)S(=O)(=O)c2ccc(Br)cc2)cc1. The molecule has 0 aliphatic heterocycles. The van der Waals surface area contributed by atoms with Crippen LogP contribution in [0.4, 0.5) is 5.69 Å². The second kappa shape index (κ2) is 14.4. The molecule has 0 aliphatic carbocycles. The first-order chi connectivity index (χ1) is 19.5. The Bertz CT molecular complexity index is 1410. The van der Waals surface area contributed by atoms with E-state index in [0.717, 1.165) is 14.3 Å². The normalized spacial score (nSPS) is 12.0. The van der Waals surface area contributed by atoms with Gasteiger partial charge in [-0.1, -0.05) is 28.1 Å². The predicted molar refractivity (Wildman–Crippen MR) is 163 cm³/mol. The summed E-state index contributed by atoms with van der Waals surface area (Å²) >= 11 is 3.33. The number of methoxy groups -OCH3 is 1. The van der Waals surface area contributed by atoms with E-state index in [-0.39, 0.29) is 29.1 Å². The Morgan fingerprint density at radius 1 is 0.902 bits per heavy atom. The van der Waals surface area contributed by atoms with E-state index in [1.807, 2.05) is 20.8 Å². The number of anilines is 1. The molecule has 0 aliphatic rings. The highest BCUT2D eigenvalue weighted by Gasteiger charge is 2.32. The monoisotopic (exact) mass is 645 g/mol. The number of sulfonamides is 1. The molecule has 3 aromatic rings. The highest BCUT2D eigenvalue weighted by Crippen LogP contribution is 2.27. The Labute approximate surface area is 250 Å². The number of carbonyl (C=O) groups excluding carboxylic acids is 2. The van der Waals surface area contributed by atoms with Gasteiger partial charge in [0.05, 0.1) is 24.3 Å². The lowest BCUT2D eigenvalue weighted by Gasteiger charge is -2.32. The van der Waals surface area contributed by atoms with Crippen molar-refractivity contribution in [2.24, 2.45) is 0 Å². The summed E-state index contributed by atoms with van der Waals surface area (Å²) in [6, 6.07) is 18.8. The van der Waals surface area contributed by atoms with E-state index in [1.54, 1.807) is 74.7 Å². The Morgan fingerprint density at radius 2 is 1.49 bits per heavy atom. The van der Waals surface area contributed by atoms with Gasteiger partial charge in [0.15, 0.2) is 0 Å². The molecule has 1 N–H and O–H groups in total. The van der Waals surface area contributed by atoms with Crippen molar-refractivity contribution in [1.29, 1.82) is 0 Å². The molecule has 11 heteroatoms. The van der Waals surface area contributed by atoms with Crippen LogP contribution in [0.5, 0.6) is 11.5 Å². The number of nitrogens with one attached hydrogen (secondary N) is 1. The van der Waals surface area contributed by atoms with Crippen molar-refractivity contribution in [1.82, 2.24) is 10.2 Å². The van der Waals surface area contributed by atoms with Crippen LogP contribution < -0.4 is 19.1 Å². The Hall–Kier alpha value is -3.57. The zero-order valence-corrected chi connectivity index (χ0v) is 26.2. The maximum atomic E-state index is 14.0. The quantitative estimate of drug-likeness (QED) is 0.281. The molecule has 0 fully saturated rings. The van der Waals surface area contributed by atoms with Crippen LogP contribution in [0.2, 0.25) is 0 Å². The number of hydrogen-bond donors (Lipinski definition) is 1. The van der Waals surface area contributed by atoms with Crippen LogP contribution in [-0.4, -0.2) is 57.5 Å². The fourth-order valence-electron chi connectivity index (χ4n) is 4.05. The Balaban J connectivity index is 2.02. The van der Waals surface area contributed by atoms with Crippen molar-refractivity contribution < 1.29 is 27.5 Å². The molecular weight excluding hydrogens is 610 g/mol. The number of halogens is 1. The van der Waals surface area contributed by atoms with Gasteiger partial charge in [-0.05, 0) is 93.9 Å².